The van der Waals surface area contributed by atoms with Gasteiger partial charge in [-0.3, -0.25) is 4.79 Å². The van der Waals surface area contributed by atoms with Gasteiger partial charge < -0.3 is 15.2 Å². The molecule has 0 bridgehead atoms. The predicted molar refractivity (Wildman–Crippen MR) is 67.2 cm³/mol. The van der Waals surface area contributed by atoms with Crippen molar-refractivity contribution in [3.63, 3.8) is 0 Å². The molecule has 1 heterocycles. The Morgan fingerprint density at radius 1 is 1.61 bits per heavy atom. The van der Waals surface area contributed by atoms with Gasteiger partial charge in [0.2, 0.25) is 11.4 Å². The number of pyridine rings is 1. The molecule has 0 saturated carbocycles. The summed E-state index contributed by atoms with van der Waals surface area (Å²) in [4.78, 5) is 24.0. The number of carbonyl (C=O) groups excluding carboxylic acids is 1. The second-order valence-corrected chi connectivity index (χ2v) is 4.46. The largest absolute Gasteiger partial charge is 0.501 e. The molecule has 0 spiro atoms. The second-order valence-electron chi connectivity index (χ2n) is 3.19. The van der Waals surface area contributed by atoms with Gasteiger partial charge in [-0.25, -0.2) is 0 Å². The number of carbonyl (C=O) groups is 1. The lowest BCUT2D eigenvalue weighted by molar-refractivity contribution is -0.390. The smallest absolute Gasteiger partial charge is 0.407 e. The summed E-state index contributed by atoms with van der Waals surface area (Å²) in [5.74, 6) is 4.86. The molecule has 7 heteroatoms. The molecule has 94 valence electrons. The van der Waals surface area contributed by atoms with Crippen LogP contribution in [0.1, 0.15) is 19.0 Å². The zero-order valence-electron chi connectivity index (χ0n) is 9.54. The first-order chi connectivity index (χ1) is 8.50. The topological polar surface area (TPSA) is 93.3 Å². The third-order valence-electron chi connectivity index (χ3n) is 1.78. The fraction of sp³-hybridized carbons (Fsp3) is 0.273. The van der Waals surface area contributed by atoms with Gasteiger partial charge in [-0.2, -0.15) is 0 Å². The first kappa shape index (κ1) is 14.0. The number of nitrogens with zero attached hydrogens (tertiary/aromatic N) is 2. The molecule has 1 aromatic rings. The number of thioether (sulfide) groups is 1. The van der Waals surface area contributed by atoms with Crippen LogP contribution in [0, 0.1) is 22.0 Å². The molecule has 1 aromatic heterocycles. The van der Waals surface area contributed by atoms with Crippen molar-refractivity contribution in [3.05, 3.63) is 27.9 Å². The molecule has 6 nitrogen and oxygen atoms in total. The molecule has 0 aliphatic heterocycles. The standard InChI is InChI=1S/C11H10N2O4S/c1-8(14)18-7-3-2-4-9-5-6-10(15)11(12-9)13(16)17/h5-6,15H,3,7H2,1H3. The van der Waals surface area contributed by atoms with Crippen LogP contribution in [0.5, 0.6) is 5.75 Å². The van der Waals surface area contributed by atoms with E-state index in [1.165, 1.54) is 30.8 Å². The molecule has 0 aliphatic carbocycles. The van der Waals surface area contributed by atoms with Crippen LogP contribution in [-0.2, 0) is 4.79 Å². The third-order valence-corrected chi connectivity index (χ3v) is 2.59. The van der Waals surface area contributed by atoms with Gasteiger partial charge in [0.05, 0.1) is 0 Å². The van der Waals surface area contributed by atoms with Crippen molar-refractivity contribution in [1.82, 2.24) is 4.98 Å². The summed E-state index contributed by atoms with van der Waals surface area (Å²) in [5, 5.41) is 19.7. The Bertz CT molecular complexity index is 534. The molecule has 0 amide bonds. The number of rotatable bonds is 3. The van der Waals surface area contributed by atoms with Gasteiger partial charge in [-0.05, 0) is 21.9 Å². The highest BCUT2D eigenvalue weighted by molar-refractivity contribution is 8.13. The van der Waals surface area contributed by atoms with E-state index in [-0.39, 0.29) is 10.8 Å². The number of hydrogen-bond donors (Lipinski definition) is 1. The van der Waals surface area contributed by atoms with Gasteiger partial charge in [0.15, 0.2) is 5.12 Å². The van der Waals surface area contributed by atoms with Crippen LogP contribution in [-0.4, -0.2) is 25.9 Å². The first-order valence-corrected chi connectivity index (χ1v) is 5.96. The lowest BCUT2D eigenvalue weighted by atomic mass is 10.3. The Kier molecular flexibility index (Phi) is 5.14. The Morgan fingerprint density at radius 2 is 2.33 bits per heavy atom. The highest BCUT2D eigenvalue weighted by Gasteiger charge is 2.15. The molecule has 0 fully saturated rings. The summed E-state index contributed by atoms with van der Waals surface area (Å²) >= 11 is 1.17. The van der Waals surface area contributed by atoms with E-state index in [1.807, 2.05) is 0 Å². The molecule has 0 saturated heterocycles. The normalized spacial score (nSPS) is 9.39. The molecule has 0 radical (unpaired) electrons. The fourth-order valence-corrected chi connectivity index (χ4v) is 1.54. The van der Waals surface area contributed by atoms with E-state index in [4.69, 9.17) is 0 Å². The minimum atomic E-state index is -0.772. The number of hydrogen-bond acceptors (Lipinski definition) is 6. The molecule has 18 heavy (non-hydrogen) atoms. The summed E-state index contributed by atoms with van der Waals surface area (Å²) in [6, 6.07) is 2.58. The SMILES string of the molecule is CC(=O)SCCC#Cc1ccc(O)c([N+](=O)[O-])n1. The van der Waals surface area contributed by atoms with Crippen molar-refractivity contribution in [2.45, 2.75) is 13.3 Å². The summed E-state index contributed by atoms with van der Waals surface area (Å²) in [5.41, 5.74) is 0.215. The van der Waals surface area contributed by atoms with Crippen LogP contribution < -0.4 is 0 Å². The number of aromatic nitrogens is 1. The summed E-state index contributed by atoms with van der Waals surface area (Å²) in [6.45, 7) is 1.48. The minimum Gasteiger partial charge on any atom is -0.501 e. The highest BCUT2D eigenvalue weighted by atomic mass is 32.2. The average molecular weight is 266 g/mol. The summed E-state index contributed by atoms with van der Waals surface area (Å²) < 4.78 is 0. The first-order valence-electron chi connectivity index (χ1n) is 4.97. The molecular formula is C11H10N2O4S. The van der Waals surface area contributed by atoms with E-state index in [0.29, 0.717) is 12.2 Å². The molecule has 0 unspecified atom stereocenters. The molecule has 0 aromatic carbocycles. The minimum absolute atomic E-state index is 0.0233. The number of nitro groups is 1. The van der Waals surface area contributed by atoms with Crippen molar-refractivity contribution in [2.24, 2.45) is 0 Å². The van der Waals surface area contributed by atoms with Crippen LogP contribution in [0.4, 0.5) is 5.82 Å². The Morgan fingerprint density at radius 3 is 2.94 bits per heavy atom. The molecule has 1 rings (SSSR count). The lowest BCUT2D eigenvalue weighted by Gasteiger charge is -1.94. The Labute approximate surface area is 108 Å². The van der Waals surface area contributed by atoms with E-state index in [2.05, 4.69) is 16.8 Å². The van der Waals surface area contributed by atoms with Crippen molar-refractivity contribution in [1.29, 1.82) is 0 Å². The van der Waals surface area contributed by atoms with E-state index in [0.717, 1.165) is 0 Å². The summed E-state index contributed by atoms with van der Waals surface area (Å²) in [6.07, 6.45) is 0.487. The maximum absolute atomic E-state index is 10.6. The van der Waals surface area contributed by atoms with Gasteiger partial charge in [-0.15, -0.1) is 0 Å². The maximum atomic E-state index is 10.6. The van der Waals surface area contributed by atoms with Gasteiger partial charge in [0, 0.05) is 25.2 Å². The average Bonchev–Trinajstić information content (AvgIpc) is 2.30. The van der Waals surface area contributed by atoms with Gasteiger partial charge in [0.1, 0.15) is 0 Å². The van der Waals surface area contributed by atoms with Crippen molar-refractivity contribution in [3.8, 4) is 17.6 Å². The maximum Gasteiger partial charge on any atom is 0.407 e. The van der Waals surface area contributed by atoms with Crippen LogP contribution in [0.15, 0.2) is 12.1 Å². The highest BCUT2D eigenvalue weighted by Crippen LogP contribution is 2.21. The Hall–Kier alpha value is -2.07. The molecule has 0 atom stereocenters. The lowest BCUT2D eigenvalue weighted by Crippen LogP contribution is -1.94. The Balaban J connectivity index is 2.68. The van der Waals surface area contributed by atoms with E-state index >= 15 is 0 Å². The van der Waals surface area contributed by atoms with Crippen LogP contribution in [0.3, 0.4) is 0 Å². The van der Waals surface area contributed by atoms with Crippen LogP contribution in [0.25, 0.3) is 0 Å². The summed E-state index contributed by atoms with van der Waals surface area (Å²) in [7, 11) is 0. The van der Waals surface area contributed by atoms with E-state index in [9.17, 15) is 20.0 Å². The number of aromatic hydroxyl groups is 1. The quantitative estimate of drug-likeness (QED) is 0.387. The van der Waals surface area contributed by atoms with E-state index in [1.54, 1.807) is 0 Å². The third kappa shape index (κ3) is 4.43. The van der Waals surface area contributed by atoms with Crippen LogP contribution >= 0.6 is 11.8 Å². The zero-order valence-corrected chi connectivity index (χ0v) is 10.4. The monoisotopic (exact) mass is 266 g/mol. The molecule has 0 aliphatic rings. The van der Waals surface area contributed by atoms with Crippen molar-refractivity contribution >= 4 is 22.7 Å². The molecule has 1 N–H and O–H groups in total. The van der Waals surface area contributed by atoms with E-state index < -0.39 is 16.5 Å². The van der Waals surface area contributed by atoms with Gasteiger partial charge in [-0.1, -0.05) is 17.7 Å². The zero-order chi connectivity index (χ0) is 13.5. The predicted octanol–water partition coefficient (Wildman–Crippen LogP) is 1.72. The van der Waals surface area contributed by atoms with Crippen molar-refractivity contribution in [2.75, 3.05) is 5.75 Å². The van der Waals surface area contributed by atoms with Gasteiger partial charge in [0.25, 0.3) is 0 Å². The van der Waals surface area contributed by atoms with Crippen LogP contribution in [0.2, 0.25) is 0 Å². The second kappa shape index (κ2) is 6.61. The van der Waals surface area contributed by atoms with Gasteiger partial charge >= 0.3 is 5.82 Å². The molecular weight excluding hydrogens is 256 g/mol. The van der Waals surface area contributed by atoms with Crippen molar-refractivity contribution < 1.29 is 14.8 Å². The fourth-order valence-electron chi connectivity index (χ4n) is 1.04.